The lowest BCUT2D eigenvalue weighted by Gasteiger charge is -2.26. The van der Waals surface area contributed by atoms with Gasteiger partial charge in [0.1, 0.15) is 0 Å². The van der Waals surface area contributed by atoms with Crippen molar-refractivity contribution in [2.45, 2.75) is 51.6 Å². The van der Waals surface area contributed by atoms with Gasteiger partial charge in [-0.05, 0) is 42.2 Å². The summed E-state index contributed by atoms with van der Waals surface area (Å²) in [5.41, 5.74) is 2.52. The quantitative estimate of drug-likeness (QED) is 0.808. The lowest BCUT2D eigenvalue weighted by atomic mass is 9.79. The van der Waals surface area contributed by atoms with Crippen molar-refractivity contribution in [3.63, 3.8) is 0 Å². The highest BCUT2D eigenvalue weighted by Gasteiger charge is 2.20. The second-order valence-electron chi connectivity index (χ2n) is 5.44. The molecule has 16 heavy (non-hydrogen) atoms. The van der Waals surface area contributed by atoms with Gasteiger partial charge in [0.05, 0.1) is 6.10 Å². The van der Waals surface area contributed by atoms with Crippen LogP contribution in [0.2, 0.25) is 0 Å². The third-order valence-electron chi connectivity index (χ3n) is 3.57. The fourth-order valence-electron chi connectivity index (χ4n) is 2.34. The molecule has 0 radical (unpaired) electrons. The highest BCUT2D eigenvalue weighted by molar-refractivity contribution is 5.29. The third-order valence-corrected chi connectivity index (χ3v) is 3.57. The van der Waals surface area contributed by atoms with Crippen LogP contribution in [0.25, 0.3) is 0 Å². The van der Waals surface area contributed by atoms with E-state index in [1.165, 1.54) is 24.8 Å². The van der Waals surface area contributed by atoms with Gasteiger partial charge in [-0.1, -0.05) is 44.5 Å². The molecule has 0 aromatic heterocycles. The Morgan fingerprint density at radius 3 is 2.62 bits per heavy atom. The molecule has 1 atom stereocenters. The van der Waals surface area contributed by atoms with E-state index in [2.05, 4.69) is 38.1 Å². The van der Waals surface area contributed by atoms with Crippen LogP contribution in [0.4, 0.5) is 0 Å². The lowest BCUT2D eigenvalue weighted by molar-refractivity contribution is 0.151. The average Bonchev–Trinajstić information content (AvgIpc) is 2.14. The first-order valence-corrected chi connectivity index (χ1v) is 6.44. The van der Waals surface area contributed by atoms with E-state index in [-0.39, 0.29) is 6.10 Å². The number of aliphatic hydroxyl groups is 1. The zero-order chi connectivity index (χ0) is 11.5. The molecule has 1 saturated carbocycles. The van der Waals surface area contributed by atoms with Crippen molar-refractivity contribution in [1.29, 1.82) is 0 Å². The lowest BCUT2D eigenvalue weighted by Crippen LogP contribution is -2.10. The number of aliphatic hydroxyl groups excluding tert-OH is 1. The van der Waals surface area contributed by atoms with Crippen molar-refractivity contribution in [2.75, 3.05) is 0 Å². The van der Waals surface area contributed by atoms with Crippen LogP contribution in [0.3, 0.4) is 0 Å². The predicted octanol–water partition coefficient (Wildman–Crippen LogP) is 4.03. The largest absolute Gasteiger partial charge is 0.388 e. The van der Waals surface area contributed by atoms with Crippen LogP contribution >= 0.6 is 0 Å². The summed E-state index contributed by atoms with van der Waals surface area (Å²) in [6.07, 6.45) is 4.57. The number of hydrogen-bond donors (Lipinski definition) is 1. The maximum Gasteiger partial charge on any atom is 0.0792 e. The first kappa shape index (κ1) is 11.7. The van der Waals surface area contributed by atoms with Crippen LogP contribution < -0.4 is 0 Å². The number of rotatable bonds is 4. The van der Waals surface area contributed by atoms with Crippen molar-refractivity contribution in [3.05, 3.63) is 35.4 Å². The van der Waals surface area contributed by atoms with Gasteiger partial charge in [-0.3, -0.25) is 0 Å². The van der Waals surface area contributed by atoms with E-state index in [0.717, 1.165) is 17.9 Å². The number of benzene rings is 1. The molecule has 1 heteroatoms. The van der Waals surface area contributed by atoms with Crippen molar-refractivity contribution < 1.29 is 5.11 Å². The molecule has 0 amide bonds. The van der Waals surface area contributed by atoms with Gasteiger partial charge >= 0.3 is 0 Å². The van der Waals surface area contributed by atoms with Gasteiger partial charge < -0.3 is 5.11 Å². The topological polar surface area (TPSA) is 20.2 Å². The Morgan fingerprint density at radius 1 is 1.31 bits per heavy atom. The summed E-state index contributed by atoms with van der Waals surface area (Å²) in [4.78, 5) is 0. The summed E-state index contributed by atoms with van der Waals surface area (Å²) >= 11 is 0. The molecule has 0 spiro atoms. The molecule has 0 heterocycles. The van der Waals surface area contributed by atoms with Crippen LogP contribution in [-0.2, 0) is 0 Å². The summed E-state index contributed by atoms with van der Waals surface area (Å²) in [6.45, 7) is 4.30. The fourth-order valence-corrected chi connectivity index (χ4v) is 2.34. The zero-order valence-corrected chi connectivity index (χ0v) is 10.3. The Morgan fingerprint density at radius 2 is 2.06 bits per heavy atom. The predicted molar refractivity (Wildman–Crippen MR) is 67.4 cm³/mol. The first-order chi connectivity index (χ1) is 7.66. The van der Waals surface area contributed by atoms with E-state index < -0.39 is 0 Å². The summed E-state index contributed by atoms with van der Waals surface area (Å²) in [7, 11) is 0. The zero-order valence-electron chi connectivity index (χ0n) is 10.3. The van der Waals surface area contributed by atoms with Crippen molar-refractivity contribution >= 4 is 0 Å². The SMILES string of the molecule is CC(C)CC(O)c1cccc(C2CCC2)c1. The molecule has 0 saturated heterocycles. The van der Waals surface area contributed by atoms with Gasteiger partial charge in [-0.2, -0.15) is 0 Å². The molecular formula is C15H22O. The minimum atomic E-state index is -0.292. The Bertz CT molecular complexity index is 339. The number of hydrogen-bond acceptors (Lipinski definition) is 1. The maximum atomic E-state index is 10.1. The van der Waals surface area contributed by atoms with Crippen molar-refractivity contribution in [2.24, 2.45) is 5.92 Å². The molecule has 1 aliphatic carbocycles. The summed E-state index contributed by atoms with van der Waals surface area (Å²) < 4.78 is 0. The monoisotopic (exact) mass is 218 g/mol. The molecule has 1 aromatic rings. The van der Waals surface area contributed by atoms with Crippen LogP contribution in [0, 0.1) is 5.92 Å². The maximum absolute atomic E-state index is 10.1. The van der Waals surface area contributed by atoms with Gasteiger partial charge in [0.15, 0.2) is 0 Å². The molecule has 1 nitrogen and oxygen atoms in total. The van der Waals surface area contributed by atoms with E-state index >= 15 is 0 Å². The summed E-state index contributed by atoms with van der Waals surface area (Å²) in [5, 5.41) is 10.1. The molecule has 0 aliphatic heterocycles. The summed E-state index contributed by atoms with van der Waals surface area (Å²) in [5.74, 6) is 1.30. The molecule has 1 N–H and O–H groups in total. The highest BCUT2D eigenvalue weighted by atomic mass is 16.3. The van der Waals surface area contributed by atoms with Crippen LogP contribution in [0.5, 0.6) is 0 Å². The van der Waals surface area contributed by atoms with E-state index in [1.807, 2.05) is 0 Å². The minimum Gasteiger partial charge on any atom is -0.388 e. The van der Waals surface area contributed by atoms with Crippen molar-refractivity contribution in [3.8, 4) is 0 Å². The molecule has 0 bridgehead atoms. The Hall–Kier alpha value is -0.820. The Labute approximate surface area is 98.5 Å². The Balaban J connectivity index is 2.08. The molecule has 1 aliphatic rings. The first-order valence-electron chi connectivity index (χ1n) is 6.44. The molecule has 1 aromatic carbocycles. The Kier molecular flexibility index (Phi) is 3.65. The van der Waals surface area contributed by atoms with Gasteiger partial charge in [0.25, 0.3) is 0 Å². The molecule has 1 fully saturated rings. The second-order valence-corrected chi connectivity index (χ2v) is 5.44. The van der Waals surface area contributed by atoms with Crippen LogP contribution in [0.1, 0.15) is 62.7 Å². The molecule has 88 valence electrons. The summed E-state index contributed by atoms with van der Waals surface area (Å²) in [6, 6.07) is 8.55. The van der Waals surface area contributed by atoms with Crippen LogP contribution in [0.15, 0.2) is 24.3 Å². The van der Waals surface area contributed by atoms with Crippen molar-refractivity contribution in [1.82, 2.24) is 0 Å². The van der Waals surface area contributed by atoms with E-state index in [1.54, 1.807) is 0 Å². The van der Waals surface area contributed by atoms with Gasteiger partial charge in [-0.25, -0.2) is 0 Å². The normalized spacial score (nSPS) is 18.5. The third kappa shape index (κ3) is 2.65. The van der Waals surface area contributed by atoms with E-state index in [9.17, 15) is 5.11 Å². The van der Waals surface area contributed by atoms with Crippen LogP contribution in [-0.4, -0.2) is 5.11 Å². The molecular weight excluding hydrogens is 196 g/mol. The fraction of sp³-hybridized carbons (Fsp3) is 0.600. The molecule has 1 unspecified atom stereocenters. The van der Waals surface area contributed by atoms with E-state index in [4.69, 9.17) is 0 Å². The minimum absolute atomic E-state index is 0.292. The van der Waals surface area contributed by atoms with Gasteiger partial charge in [0.2, 0.25) is 0 Å². The van der Waals surface area contributed by atoms with Gasteiger partial charge in [0, 0.05) is 0 Å². The second kappa shape index (κ2) is 5.01. The highest BCUT2D eigenvalue weighted by Crippen LogP contribution is 2.37. The van der Waals surface area contributed by atoms with E-state index in [0.29, 0.717) is 5.92 Å². The average molecular weight is 218 g/mol. The standard InChI is InChI=1S/C15H22O/c1-11(2)9-15(16)14-8-4-7-13(10-14)12-5-3-6-12/h4,7-8,10-12,15-16H,3,5-6,9H2,1-2H3. The smallest absolute Gasteiger partial charge is 0.0792 e. The van der Waals surface area contributed by atoms with Gasteiger partial charge in [-0.15, -0.1) is 0 Å². The molecule has 2 rings (SSSR count).